The molecule has 186 valence electrons. The zero-order valence-electron chi connectivity index (χ0n) is 20.5. The maximum Gasteiger partial charge on any atom is 0.338 e. The van der Waals surface area contributed by atoms with Crippen molar-refractivity contribution in [2.75, 3.05) is 18.1 Å². The average Bonchev–Trinajstić information content (AvgIpc) is 2.85. The molecule has 1 unspecified atom stereocenters. The molecule has 0 heterocycles. The maximum atomic E-state index is 12.5. The van der Waals surface area contributed by atoms with Crippen LogP contribution in [0.3, 0.4) is 0 Å². The Morgan fingerprint density at radius 3 is 2.34 bits per heavy atom. The Morgan fingerprint density at radius 2 is 1.71 bits per heavy atom. The number of carbonyl (C=O) groups excluding carboxylic acids is 2. The van der Waals surface area contributed by atoms with E-state index in [9.17, 15) is 9.59 Å². The zero-order valence-corrected chi connectivity index (χ0v) is 20.5. The minimum Gasteiger partial charge on any atom is -0.462 e. The van der Waals surface area contributed by atoms with Crippen LogP contribution in [0.4, 0.5) is 11.4 Å². The third-order valence-corrected chi connectivity index (χ3v) is 6.45. The second kappa shape index (κ2) is 12.8. The lowest BCUT2D eigenvalue weighted by molar-refractivity contribution is -0.138. The van der Waals surface area contributed by atoms with E-state index in [2.05, 4.69) is 6.58 Å². The molecule has 0 bridgehead atoms. The number of allylic oxidation sites excluding steroid dienone is 1. The van der Waals surface area contributed by atoms with Crippen molar-refractivity contribution in [3.8, 4) is 0 Å². The van der Waals surface area contributed by atoms with Gasteiger partial charge in [-0.2, -0.15) is 0 Å². The summed E-state index contributed by atoms with van der Waals surface area (Å²) in [5, 5.41) is 0. The van der Waals surface area contributed by atoms with Gasteiger partial charge in [-0.1, -0.05) is 25.1 Å². The molecule has 35 heavy (non-hydrogen) atoms. The summed E-state index contributed by atoms with van der Waals surface area (Å²) in [5.74, 6) is -0.0722. The van der Waals surface area contributed by atoms with Crippen LogP contribution >= 0.6 is 0 Å². The smallest absolute Gasteiger partial charge is 0.338 e. The van der Waals surface area contributed by atoms with E-state index in [0.717, 1.165) is 43.2 Å². The summed E-state index contributed by atoms with van der Waals surface area (Å²) in [6.07, 6.45) is 11.2. The summed E-state index contributed by atoms with van der Waals surface area (Å²) >= 11 is 0. The number of nitrogens with two attached hydrogens (primary N) is 2. The van der Waals surface area contributed by atoms with Gasteiger partial charge in [-0.25, -0.2) is 9.59 Å². The molecule has 0 amide bonds. The largest absolute Gasteiger partial charge is 0.462 e. The van der Waals surface area contributed by atoms with Crippen LogP contribution in [0.5, 0.6) is 0 Å². The average molecular weight is 477 g/mol. The van der Waals surface area contributed by atoms with Gasteiger partial charge in [0.25, 0.3) is 0 Å². The van der Waals surface area contributed by atoms with Crippen LogP contribution < -0.4 is 11.5 Å². The molecule has 1 aliphatic rings. The normalized spacial score (nSPS) is 18.7. The number of ether oxygens (including phenoxy) is 2. The number of nitrogen functional groups attached to an aromatic ring is 2. The molecule has 0 aliphatic heterocycles. The minimum absolute atomic E-state index is 0.0111. The molecule has 6 nitrogen and oxygen atoms in total. The summed E-state index contributed by atoms with van der Waals surface area (Å²) in [6, 6.07) is 12.3. The van der Waals surface area contributed by atoms with E-state index in [1.54, 1.807) is 36.4 Å². The molecular weight excluding hydrogens is 440 g/mol. The van der Waals surface area contributed by atoms with Crippen LogP contribution in [0.2, 0.25) is 0 Å². The van der Waals surface area contributed by atoms with E-state index in [1.165, 1.54) is 12.5 Å². The van der Waals surface area contributed by atoms with E-state index >= 15 is 0 Å². The van der Waals surface area contributed by atoms with E-state index in [-0.39, 0.29) is 24.6 Å². The van der Waals surface area contributed by atoms with Crippen LogP contribution in [0.25, 0.3) is 6.08 Å². The van der Waals surface area contributed by atoms with Gasteiger partial charge in [0.2, 0.25) is 0 Å². The minimum atomic E-state index is -0.444. The molecule has 6 heteroatoms. The maximum absolute atomic E-state index is 12.5. The summed E-state index contributed by atoms with van der Waals surface area (Å²) in [5.41, 5.74) is 15.0. The highest BCUT2D eigenvalue weighted by Crippen LogP contribution is 2.30. The summed E-state index contributed by atoms with van der Waals surface area (Å²) in [6.45, 7) is 5.94. The van der Waals surface area contributed by atoms with Crippen molar-refractivity contribution in [3.63, 3.8) is 0 Å². The Bertz CT molecular complexity index is 1020. The lowest BCUT2D eigenvalue weighted by Crippen LogP contribution is -2.24. The molecule has 0 aromatic heterocycles. The van der Waals surface area contributed by atoms with Crippen LogP contribution in [-0.4, -0.2) is 24.6 Å². The van der Waals surface area contributed by atoms with Crippen molar-refractivity contribution in [3.05, 3.63) is 77.9 Å². The summed E-state index contributed by atoms with van der Waals surface area (Å²) in [4.78, 5) is 24.6. The molecule has 1 saturated carbocycles. The van der Waals surface area contributed by atoms with Crippen molar-refractivity contribution in [1.82, 2.24) is 0 Å². The van der Waals surface area contributed by atoms with Crippen LogP contribution in [0.15, 0.2) is 61.2 Å². The number of benzene rings is 2. The standard InChI is InChI=1S/C29H36N2O4/c1-3-4-5-21-8-13-27(14-9-21)35-29(33)23-11-6-22(7-12-23)10-15-28(32)34-19-20(2)24-16-25(30)18-26(31)17-24/h3,6-7,10-12,15-18,20-21,27H,1,4-5,8-9,13-14,19,30-31H2,2H3/b15-10+. The summed E-state index contributed by atoms with van der Waals surface area (Å²) < 4.78 is 11.1. The predicted molar refractivity (Wildman–Crippen MR) is 141 cm³/mol. The number of hydrogen-bond acceptors (Lipinski definition) is 6. The molecule has 2 aromatic carbocycles. The second-order valence-electron chi connectivity index (χ2n) is 9.33. The Morgan fingerprint density at radius 1 is 1.06 bits per heavy atom. The first-order chi connectivity index (χ1) is 16.8. The van der Waals surface area contributed by atoms with Crippen molar-refractivity contribution in [2.45, 2.75) is 57.5 Å². The van der Waals surface area contributed by atoms with E-state index in [4.69, 9.17) is 20.9 Å². The first kappa shape index (κ1) is 26.1. The first-order valence-electron chi connectivity index (χ1n) is 12.3. The quantitative estimate of drug-likeness (QED) is 0.192. The van der Waals surface area contributed by atoms with Gasteiger partial charge in [0.1, 0.15) is 6.10 Å². The topological polar surface area (TPSA) is 105 Å². The van der Waals surface area contributed by atoms with Gasteiger partial charge < -0.3 is 20.9 Å². The Kier molecular flexibility index (Phi) is 9.53. The van der Waals surface area contributed by atoms with Crippen molar-refractivity contribution >= 4 is 29.4 Å². The highest BCUT2D eigenvalue weighted by Gasteiger charge is 2.24. The van der Waals surface area contributed by atoms with Gasteiger partial charge in [-0.3, -0.25) is 0 Å². The fraction of sp³-hybridized carbons (Fsp3) is 0.379. The zero-order chi connectivity index (χ0) is 25.2. The van der Waals surface area contributed by atoms with Crippen LogP contribution in [0.1, 0.15) is 72.9 Å². The molecule has 1 atom stereocenters. The second-order valence-corrected chi connectivity index (χ2v) is 9.33. The number of carbonyl (C=O) groups is 2. The fourth-order valence-electron chi connectivity index (χ4n) is 4.34. The SMILES string of the molecule is C=CCCC1CCC(OC(=O)c2ccc(/C=C/C(=O)OCC(C)c3cc(N)cc(N)c3)cc2)CC1. The van der Waals surface area contributed by atoms with Crippen molar-refractivity contribution < 1.29 is 19.1 Å². The lowest BCUT2D eigenvalue weighted by Gasteiger charge is -2.28. The third kappa shape index (κ3) is 8.32. The number of anilines is 2. The highest BCUT2D eigenvalue weighted by atomic mass is 16.5. The Labute approximate surface area is 208 Å². The Hall–Kier alpha value is -3.54. The van der Waals surface area contributed by atoms with Crippen molar-refractivity contribution in [2.24, 2.45) is 5.92 Å². The molecule has 0 spiro atoms. The number of esters is 2. The molecule has 3 rings (SSSR count). The van der Waals surface area contributed by atoms with Gasteiger partial charge in [-0.05, 0) is 92.0 Å². The van der Waals surface area contributed by atoms with E-state index in [0.29, 0.717) is 22.9 Å². The fourth-order valence-corrected chi connectivity index (χ4v) is 4.34. The van der Waals surface area contributed by atoms with Gasteiger partial charge in [-0.15, -0.1) is 6.58 Å². The molecule has 0 saturated heterocycles. The van der Waals surface area contributed by atoms with Crippen molar-refractivity contribution in [1.29, 1.82) is 0 Å². The molecular formula is C29H36N2O4. The third-order valence-electron chi connectivity index (χ3n) is 6.45. The predicted octanol–water partition coefficient (Wildman–Crippen LogP) is 5.89. The van der Waals surface area contributed by atoms with Crippen LogP contribution in [0, 0.1) is 5.92 Å². The number of hydrogen-bond donors (Lipinski definition) is 2. The van der Waals surface area contributed by atoms with Gasteiger partial charge in [0.15, 0.2) is 0 Å². The van der Waals surface area contributed by atoms with Crippen LogP contribution in [-0.2, 0) is 14.3 Å². The van der Waals surface area contributed by atoms with Gasteiger partial charge >= 0.3 is 11.9 Å². The van der Waals surface area contributed by atoms with Gasteiger partial charge in [0, 0.05) is 23.4 Å². The monoisotopic (exact) mass is 476 g/mol. The molecule has 1 fully saturated rings. The van der Waals surface area contributed by atoms with E-state index < -0.39 is 5.97 Å². The first-order valence-corrected chi connectivity index (χ1v) is 12.3. The summed E-state index contributed by atoms with van der Waals surface area (Å²) in [7, 11) is 0. The molecule has 1 aliphatic carbocycles. The molecule has 4 N–H and O–H groups in total. The number of rotatable bonds is 10. The van der Waals surface area contributed by atoms with E-state index in [1.807, 2.05) is 25.1 Å². The highest BCUT2D eigenvalue weighted by molar-refractivity contribution is 5.90. The molecule has 0 radical (unpaired) electrons. The lowest BCUT2D eigenvalue weighted by atomic mass is 9.84. The van der Waals surface area contributed by atoms with Gasteiger partial charge in [0.05, 0.1) is 12.2 Å². The Balaban J connectivity index is 1.43. The molecule has 2 aromatic rings.